The van der Waals surface area contributed by atoms with Gasteiger partial charge in [0.1, 0.15) is 0 Å². The summed E-state index contributed by atoms with van der Waals surface area (Å²) in [6, 6.07) is 5.58. The van der Waals surface area contributed by atoms with Gasteiger partial charge in [0, 0.05) is 28.3 Å². The summed E-state index contributed by atoms with van der Waals surface area (Å²) in [6.45, 7) is 2.13. The van der Waals surface area contributed by atoms with E-state index in [0.29, 0.717) is 5.25 Å². The molecule has 1 aliphatic rings. The lowest BCUT2D eigenvalue weighted by Crippen LogP contribution is -2.44. The fourth-order valence-corrected chi connectivity index (χ4v) is 2.72. The first kappa shape index (κ1) is 9.66. The van der Waals surface area contributed by atoms with Gasteiger partial charge in [-0.1, -0.05) is 23.2 Å². The first-order chi connectivity index (χ1) is 6.25. The van der Waals surface area contributed by atoms with Crippen molar-refractivity contribution in [2.75, 3.05) is 13.1 Å². The highest BCUT2D eigenvalue weighted by Gasteiger charge is 2.18. The van der Waals surface area contributed by atoms with Crippen LogP contribution in [0.25, 0.3) is 0 Å². The van der Waals surface area contributed by atoms with Gasteiger partial charge in [0.15, 0.2) is 0 Å². The molecule has 1 aromatic rings. The van der Waals surface area contributed by atoms with Crippen molar-refractivity contribution in [2.24, 2.45) is 0 Å². The number of halogens is 2. The highest BCUT2D eigenvalue weighted by Crippen LogP contribution is 2.33. The van der Waals surface area contributed by atoms with Crippen LogP contribution in [0.4, 0.5) is 0 Å². The van der Waals surface area contributed by atoms with Crippen molar-refractivity contribution in [3.05, 3.63) is 28.2 Å². The molecule has 2 rings (SSSR count). The van der Waals surface area contributed by atoms with Crippen LogP contribution in [0.5, 0.6) is 0 Å². The van der Waals surface area contributed by atoms with E-state index in [2.05, 4.69) is 5.32 Å². The molecule has 1 nitrogen and oxygen atoms in total. The van der Waals surface area contributed by atoms with Gasteiger partial charge < -0.3 is 5.32 Å². The molecule has 0 spiro atoms. The summed E-state index contributed by atoms with van der Waals surface area (Å²) in [6.07, 6.45) is 0. The van der Waals surface area contributed by atoms with Gasteiger partial charge in [0.05, 0.1) is 5.02 Å². The van der Waals surface area contributed by atoms with Crippen LogP contribution in [-0.2, 0) is 0 Å². The van der Waals surface area contributed by atoms with E-state index < -0.39 is 0 Å². The number of benzene rings is 1. The SMILES string of the molecule is Clc1ccc(Cl)c(SC2CNC2)c1. The Morgan fingerprint density at radius 2 is 2.08 bits per heavy atom. The summed E-state index contributed by atoms with van der Waals surface area (Å²) in [5.41, 5.74) is 0. The highest BCUT2D eigenvalue weighted by molar-refractivity contribution is 8.00. The largest absolute Gasteiger partial charge is 0.314 e. The van der Waals surface area contributed by atoms with Crippen molar-refractivity contribution < 1.29 is 0 Å². The Balaban J connectivity index is 2.13. The maximum absolute atomic E-state index is 6.02. The molecule has 70 valence electrons. The average molecular weight is 234 g/mol. The second kappa shape index (κ2) is 4.09. The van der Waals surface area contributed by atoms with Gasteiger partial charge in [-0.25, -0.2) is 0 Å². The van der Waals surface area contributed by atoms with Gasteiger partial charge in [-0.2, -0.15) is 0 Å². The molecule has 1 aliphatic heterocycles. The van der Waals surface area contributed by atoms with Crippen molar-refractivity contribution in [1.29, 1.82) is 0 Å². The van der Waals surface area contributed by atoms with E-state index in [1.165, 1.54) is 0 Å². The summed E-state index contributed by atoms with van der Waals surface area (Å²) < 4.78 is 0. The van der Waals surface area contributed by atoms with Gasteiger partial charge in [0.25, 0.3) is 0 Å². The minimum Gasteiger partial charge on any atom is -0.314 e. The third-order valence-corrected chi connectivity index (χ3v) is 3.87. The van der Waals surface area contributed by atoms with Crippen LogP contribution >= 0.6 is 35.0 Å². The molecule has 4 heteroatoms. The Hall–Kier alpha value is 0.110. The second-order valence-corrected chi connectivity index (χ2v) is 5.16. The van der Waals surface area contributed by atoms with Gasteiger partial charge in [-0.05, 0) is 18.2 Å². The molecule has 1 fully saturated rings. The molecule has 0 unspecified atom stereocenters. The van der Waals surface area contributed by atoms with Gasteiger partial charge >= 0.3 is 0 Å². The second-order valence-electron chi connectivity index (χ2n) is 2.97. The maximum atomic E-state index is 6.02. The zero-order valence-electron chi connectivity index (χ0n) is 6.89. The Kier molecular flexibility index (Phi) is 3.04. The Morgan fingerprint density at radius 3 is 2.69 bits per heavy atom. The predicted molar refractivity (Wildman–Crippen MR) is 59.0 cm³/mol. The normalized spacial score (nSPS) is 17.1. The number of thioether (sulfide) groups is 1. The Morgan fingerprint density at radius 1 is 1.31 bits per heavy atom. The quantitative estimate of drug-likeness (QED) is 0.843. The molecule has 0 saturated carbocycles. The van der Waals surface area contributed by atoms with E-state index in [-0.39, 0.29) is 0 Å². The third kappa shape index (κ3) is 2.32. The van der Waals surface area contributed by atoms with E-state index >= 15 is 0 Å². The molecule has 1 N–H and O–H groups in total. The van der Waals surface area contributed by atoms with Crippen LogP contribution in [0.2, 0.25) is 10.0 Å². The predicted octanol–water partition coefficient (Wildman–Crippen LogP) is 3.06. The fourth-order valence-electron chi connectivity index (χ4n) is 1.09. The summed E-state index contributed by atoms with van der Waals surface area (Å²) in [7, 11) is 0. The minimum absolute atomic E-state index is 0.649. The van der Waals surface area contributed by atoms with Crippen LogP contribution < -0.4 is 5.32 Å². The van der Waals surface area contributed by atoms with Crippen molar-refractivity contribution >= 4 is 35.0 Å². The van der Waals surface area contributed by atoms with Crippen LogP contribution in [0.3, 0.4) is 0 Å². The van der Waals surface area contributed by atoms with Crippen LogP contribution in [0, 0.1) is 0 Å². The molecule has 0 amide bonds. The topological polar surface area (TPSA) is 12.0 Å². The van der Waals surface area contributed by atoms with Crippen molar-refractivity contribution in [2.45, 2.75) is 10.1 Å². The molecular formula is C9H9Cl2NS. The monoisotopic (exact) mass is 233 g/mol. The lowest BCUT2D eigenvalue weighted by Gasteiger charge is -2.26. The molecule has 1 saturated heterocycles. The number of nitrogens with one attached hydrogen (secondary N) is 1. The van der Waals surface area contributed by atoms with E-state index in [9.17, 15) is 0 Å². The van der Waals surface area contributed by atoms with Gasteiger partial charge in [-0.15, -0.1) is 11.8 Å². The zero-order chi connectivity index (χ0) is 9.26. The van der Waals surface area contributed by atoms with E-state index in [1.807, 2.05) is 18.2 Å². The summed E-state index contributed by atoms with van der Waals surface area (Å²) in [5, 5.41) is 5.41. The molecule has 13 heavy (non-hydrogen) atoms. The minimum atomic E-state index is 0.649. The molecule has 1 heterocycles. The fraction of sp³-hybridized carbons (Fsp3) is 0.333. The van der Waals surface area contributed by atoms with E-state index in [1.54, 1.807) is 11.8 Å². The first-order valence-electron chi connectivity index (χ1n) is 4.08. The summed E-state index contributed by atoms with van der Waals surface area (Å²) in [4.78, 5) is 1.08. The Labute approximate surface area is 91.8 Å². The molecule has 0 atom stereocenters. The first-order valence-corrected chi connectivity index (χ1v) is 5.72. The molecular weight excluding hydrogens is 225 g/mol. The average Bonchev–Trinajstić information content (AvgIpc) is 2.03. The van der Waals surface area contributed by atoms with Crippen molar-refractivity contribution in [3.63, 3.8) is 0 Å². The third-order valence-electron chi connectivity index (χ3n) is 1.93. The summed E-state index contributed by atoms with van der Waals surface area (Å²) >= 11 is 13.7. The molecule has 0 aliphatic carbocycles. The molecule has 0 aromatic heterocycles. The molecule has 1 aromatic carbocycles. The Bertz CT molecular complexity index is 312. The summed E-state index contributed by atoms with van der Waals surface area (Å²) in [5.74, 6) is 0. The molecule has 0 radical (unpaired) electrons. The number of rotatable bonds is 2. The van der Waals surface area contributed by atoms with Crippen molar-refractivity contribution in [1.82, 2.24) is 5.32 Å². The smallest absolute Gasteiger partial charge is 0.0543 e. The molecule has 0 bridgehead atoms. The lowest BCUT2D eigenvalue weighted by atomic mass is 10.3. The number of hydrogen-bond acceptors (Lipinski definition) is 2. The standard InChI is InChI=1S/C9H9Cl2NS/c10-6-1-2-8(11)9(3-6)13-7-4-12-5-7/h1-3,7,12H,4-5H2. The van der Waals surface area contributed by atoms with Crippen LogP contribution in [0.1, 0.15) is 0 Å². The van der Waals surface area contributed by atoms with E-state index in [0.717, 1.165) is 28.0 Å². The van der Waals surface area contributed by atoms with Crippen LogP contribution in [-0.4, -0.2) is 18.3 Å². The highest BCUT2D eigenvalue weighted by atomic mass is 35.5. The lowest BCUT2D eigenvalue weighted by molar-refractivity contribution is 0.544. The van der Waals surface area contributed by atoms with E-state index in [4.69, 9.17) is 23.2 Å². The maximum Gasteiger partial charge on any atom is 0.0543 e. The van der Waals surface area contributed by atoms with Crippen LogP contribution in [0.15, 0.2) is 23.1 Å². The van der Waals surface area contributed by atoms with Gasteiger partial charge in [0.2, 0.25) is 0 Å². The van der Waals surface area contributed by atoms with Gasteiger partial charge in [-0.3, -0.25) is 0 Å². The van der Waals surface area contributed by atoms with Crippen molar-refractivity contribution in [3.8, 4) is 0 Å². The number of hydrogen-bond donors (Lipinski definition) is 1. The zero-order valence-corrected chi connectivity index (χ0v) is 9.22.